The maximum atomic E-state index is 11.8. The van der Waals surface area contributed by atoms with Crippen molar-refractivity contribution >= 4 is 23.2 Å². The summed E-state index contributed by atoms with van der Waals surface area (Å²) in [4.78, 5) is 11.8. The number of amides is 1. The van der Waals surface area contributed by atoms with E-state index < -0.39 is 0 Å². The SMILES string of the molecule is CC(CO)C(C)NC(=O)c1ccc(N)c(Cl)c1. The fraction of sp³-hybridized carbons (Fsp3) is 0.417. The number of nitrogens with two attached hydrogens (primary N) is 1. The summed E-state index contributed by atoms with van der Waals surface area (Å²) in [6.45, 7) is 3.74. The highest BCUT2D eigenvalue weighted by molar-refractivity contribution is 6.33. The molecule has 17 heavy (non-hydrogen) atoms. The second kappa shape index (κ2) is 5.89. The summed E-state index contributed by atoms with van der Waals surface area (Å²) >= 11 is 5.84. The molecule has 4 N–H and O–H groups in total. The zero-order chi connectivity index (χ0) is 13.0. The quantitative estimate of drug-likeness (QED) is 0.718. The lowest BCUT2D eigenvalue weighted by molar-refractivity contribution is 0.0916. The number of nitrogens with one attached hydrogen (secondary N) is 1. The number of rotatable bonds is 4. The molecule has 1 rings (SSSR count). The molecule has 1 amide bonds. The molecule has 0 fully saturated rings. The average Bonchev–Trinajstić information content (AvgIpc) is 2.31. The minimum atomic E-state index is -0.222. The first-order valence-electron chi connectivity index (χ1n) is 5.42. The Balaban J connectivity index is 2.73. The molecule has 0 saturated carbocycles. The van der Waals surface area contributed by atoms with Gasteiger partial charge in [-0.05, 0) is 31.0 Å². The van der Waals surface area contributed by atoms with E-state index in [-0.39, 0.29) is 24.5 Å². The summed E-state index contributed by atoms with van der Waals surface area (Å²) in [5, 5.41) is 12.1. The minimum absolute atomic E-state index is 0.00297. The van der Waals surface area contributed by atoms with Gasteiger partial charge in [0.25, 0.3) is 5.91 Å². The number of hydrogen-bond acceptors (Lipinski definition) is 3. The predicted octanol–water partition coefficient (Wildman–Crippen LogP) is 1.67. The van der Waals surface area contributed by atoms with Crippen LogP contribution in [0.3, 0.4) is 0 Å². The number of nitrogen functional groups attached to an aromatic ring is 1. The number of aliphatic hydroxyl groups is 1. The third-order valence-electron chi connectivity index (χ3n) is 2.76. The van der Waals surface area contributed by atoms with E-state index in [0.717, 1.165) is 0 Å². The van der Waals surface area contributed by atoms with Crippen molar-refractivity contribution in [1.82, 2.24) is 5.32 Å². The van der Waals surface area contributed by atoms with Crippen LogP contribution in [0, 0.1) is 5.92 Å². The molecular weight excluding hydrogens is 240 g/mol. The molecule has 5 heteroatoms. The third-order valence-corrected chi connectivity index (χ3v) is 3.09. The average molecular weight is 257 g/mol. The van der Waals surface area contributed by atoms with E-state index in [2.05, 4.69) is 5.32 Å². The second-order valence-corrected chi connectivity index (χ2v) is 4.57. The number of benzene rings is 1. The summed E-state index contributed by atoms with van der Waals surface area (Å²) < 4.78 is 0. The molecule has 0 heterocycles. The maximum Gasteiger partial charge on any atom is 0.251 e. The van der Waals surface area contributed by atoms with Crippen molar-refractivity contribution < 1.29 is 9.90 Å². The van der Waals surface area contributed by atoms with Gasteiger partial charge in [-0.3, -0.25) is 4.79 Å². The molecule has 94 valence electrons. The van der Waals surface area contributed by atoms with Gasteiger partial charge in [-0.15, -0.1) is 0 Å². The van der Waals surface area contributed by atoms with Crippen LogP contribution < -0.4 is 11.1 Å². The van der Waals surface area contributed by atoms with Gasteiger partial charge >= 0.3 is 0 Å². The highest BCUT2D eigenvalue weighted by Gasteiger charge is 2.15. The van der Waals surface area contributed by atoms with Crippen LogP contribution in [0.25, 0.3) is 0 Å². The van der Waals surface area contributed by atoms with Crippen molar-refractivity contribution in [2.45, 2.75) is 19.9 Å². The Labute approximate surface area is 106 Å². The Morgan fingerprint density at radius 1 is 1.53 bits per heavy atom. The molecule has 0 spiro atoms. The van der Waals surface area contributed by atoms with E-state index in [1.165, 1.54) is 6.07 Å². The second-order valence-electron chi connectivity index (χ2n) is 4.16. The summed E-state index contributed by atoms with van der Waals surface area (Å²) in [7, 11) is 0. The Bertz CT molecular complexity index is 409. The molecule has 1 aromatic carbocycles. The summed E-state index contributed by atoms with van der Waals surface area (Å²) in [6, 6.07) is 4.64. The van der Waals surface area contributed by atoms with E-state index in [1.54, 1.807) is 12.1 Å². The van der Waals surface area contributed by atoms with Gasteiger partial charge < -0.3 is 16.2 Å². The summed E-state index contributed by atoms with van der Waals surface area (Å²) in [5.41, 5.74) is 6.47. The van der Waals surface area contributed by atoms with Crippen molar-refractivity contribution in [3.8, 4) is 0 Å². The number of carbonyl (C=O) groups excluding carboxylic acids is 1. The predicted molar refractivity (Wildman–Crippen MR) is 69.0 cm³/mol. The molecule has 0 aromatic heterocycles. The van der Waals surface area contributed by atoms with Gasteiger partial charge in [-0.2, -0.15) is 0 Å². The Hall–Kier alpha value is -1.26. The van der Waals surface area contributed by atoms with Crippen LogP contribution in [0.1, 0.15) is 24.2 Å². The molecule has 2 atom stereocenters. The first-order valence-corrected chi connectivity index (χ1v) is 5.80. The van der Waals surface area contributed by atoms with Crippen LogP contribution in [-0.4, -0.2) is 23.7 Å². The highest BCUT2D eigenvalue weighted by atomic mass is 35.5. The van der Waals surface area contributed by atoms with Crippen molar-refractivity contribution in [1.29, 1.82) is 0 Å². The molecule has 1 aromatic rings. The zero-order valence-electron chi connectivity index (χ0n) is 9.90. The topological polar surface area (TPSA) is 75.3 Å². The molecule has 4 nitrogen and oxygen atoms in total. The van der Waals surface area contributed by atoms with Crippen LogP contribution in [0.2, 0.25) is 5.02 Å². The Morgan fingerprint density at radius 3 is 2.71 bits per heavy atom. The molecular formula is C12H17ClN2O2. The van der Waals surface area contributed by atoms with E-state index in [4.69, 9.17) is 22.4 Å². The van der Waals surface area contributed by atoms with E-state index in [9.17, 15) is 4.79 Å². The van der Waals surface area contributed by atoms with Crippen molar-refractivity contribution in [2.75, 3.05) is 12.3 Å². The third kappa shape index (κ3) is 3.61. The standard InChI is InChI=1S/C12H17ClN2O2/c1-7(6-16)8(2)15-12(17)9-3-4-11(14)10(13)5-9/h3-5,7-8,16H,6,14H2,1-2H3,(H,15,17). The molecule has 0 aliphatic heterocycles. The number of hydrogen-bond donors (Lipinski definition) is 3. The van der Waals surface area contributed by atoms with Crippen molar-refractivity contribution in [2.24, 2.45) is 5.92 Å². The van der Waals surface area contributed by atoms with E-state index >= 15 is 0 Å². The lowest BCUT2D eigenvalue weighted by Crippen LogP contribution is -2.38. The number of halogens is 1. The molecule has 0 bridgehead atoms. The van der Waals surface area contributed by atoms with E-state index in [0.29, 0.717) is 16.3 Å². The molecule has 0 radical (unpaired) electrons. The zero-order valence-corrected chi connectivity index (χ0v) is 10.7. The normalized spacial score (nSPS) is 14.1. The van der Waals surface area contributed by atoms with Crippen LogP contribution >= 0.6 is 11.6 Å². The van der Waals surface area contributed by atoms with Gasteiger partial charge in [0, 0.05) is 18.2 Å². The monoisotopic (exact) mass is 256 g/mol. The van der Waals surface area contributed by atoms with Crippen LogP contribution in [0.4, 0.5) is 5.69 Å². The maximum absolute atomic E-state index is 11.8. The molecule has 0 aliphatic rings. The van der Waals surface area contributed by atoms with E-state index in [1.807, 2.05) is 13.8 Å². The molecule has 2 unspecified atom stereocenters. The Morgan fingerprint density at radius 2 is 2.18 bits per heavy atom. The molecule has 0 saturated heterocycles. The number of anilines is 1. The van der Waals surface area contributed by atoms with Gasteiger partial charge in [0.15, 0.2) is 0 Å². The highest BCUT2D eigenvalue weighted by Crippen LogP contribution is 2.19. The lowest BCUT2D eigenvalue weighted by Gasteiger charge is -2.19. The first kappa shape index (κ1) is 13.8. The molecule has 0 aliphatic carbocycles. The fourth-order valence-electron chi connectivity index (χ4n) is 1.26. The number of carbonyl (C=O) groups is 1. The largest absolute Gasteiger partial charge is 0.398 e. The number of aliphatic hydroxyl groups excluding tert-OH is 1. The lowest BCUT2D eigenvalue weighted by atomic mass is 10.0. The van der Waals surface area contributed by atoms with Gasteiger partial charge in [0.1, 0.15) is 0 Å². The van der Waals surface area contributed by atoms with Crippen LogP contribution in [0.5, 0.6) is 0 Å². The van der Waals surface area contributed by atoms with Gasteiger partial charge in [-0.1, -0.05) is 18.5 Å². The van der Waals surface area contributed by atoms with Crippen molar-refractivity contribution in [3.63, 3.8) is 0 Å². The minimum Gasteiger partial charge on any atom is -0.398 e. The first-order chi connectivity index (χ1) is 7.95. The van der Waals surface area contributed by atoms with Gasteiger partial charge in [0.2, 0.25) is 0 Å². The van der Waals surface area contributed by atoms with Crippen LogP contribution in [0.15, 0.2) is 18.2 Å². The fourth-order valence-corrected chi connectivity index (χ4v) is 1.44. The van der Waals surface area contributed by atoms with Crippen molar-refractivity contribution in [3.05, 3.63) is 28.8 Å². The van der Waals surface area contributed by atoms with Gasteiger partial charge in [-0.25, -0.2) is 0 Å². The Kier molecular flexibility index (Phi) is 4.78. The van der Waals surface area contributed by atoms with Crippen LogP contribution in [-0.2, 0) is 0 Å². The summed E-state index contributed by atoms with van der Waals surface area (Å²) in [6.07, 6.45) is 0. The van der Waals surface area contributed by atoms with Gasteiger partial charge in [0.05, 0.1) is 10.7 Å². The smallest absolute Gasteiger partial charge is 0.251 e. The summed E-state index contributed by atoms with van der Waals surface area (Å²) in [5.74, 6) is -0.220.